The molecule has 1 N–H and O–H groups in total. The molecule has 0 saturated carbocycles. The van der Waals surface area contributed by atoms with Crippen molar-refractivity contribution in [3.05, 3.63) is 10.0 Å². The Bertz CT molecular complexity index is 480. The molecule has 2 fully saturated rings. The topological polar surface area (TPSA) is 52.0 Å². The summed E-state index contributed by atoms with van der Waals surface area (Å²) in [6, 6.07) is 2.57. The molecule has 0 amide bonds. The van der Waals surface area contributed by atoms with Gasteiger partial charge in [-0.05, 0) is 18.8 Å². The zero-order valence-electron chi connectivity index (χ0n) is 9.48. The van der Waals surface area contributed by atoms with Gasteiger partial charge in [-0.3, -0.25) is 0 Å². The van der Waals surface area contributed by atoms with Gasteiger partial charge in [0.05, 0.1) is 0 Å². The van der Waals surface area contributed by atoms with Gasteiger partial charge < -0.3 is 10.2 Å². The molecule has 0 aromatic carbocycles. The van der Waals surface area contributed by atoms with E-state index >= 15 is 0 Å². The lowest BCUT2D eigenvalue weighted by atomic mass is 9.95. The van der Waals surface area contributed by atoms with Crippen LogP contribution >= 0.6 is 22.9 Å². The molecule has 4 nitrogen and oxygen atoms in total. The van der Waals surface area contributed by atoms with E-state index in [0.717, 1.165) is 24.8 Å². The Morgan fingerprint density at radius 3 is 3.06 bits per heavy atom. The molecular formula is C11H13ClN4S. The summed E-state index contributed by atoms with van der Waals surface area (Å²) >= 11 is 7.33. The number of hydrogen-bond donors (Lipinski definition) is 1. The zero-order valence-corrected chi connectivity index (χ0v) is 11.1. The molecule has 0 spiro atoms. The predicted molar refractivity (Wildman–Crippen MR) is 68.5 cm³/mol. The van der Waals surface area contributed by atoms with Crippen LogP contribution in [0.5, 0.6) is 0 Å². The van der Waals surface area contributed by atoms with Gasteiger partial charge in [0.1, 0.15) is 10.9 Å². The summed E-state index contributed by atoms with van der Waals surface area (Å²) in [6.45, 7) is 5.44. The average Bonchev–Trinajstić information content (AvgIpc) is 2.95. The van der Waals surface area contributed by atoms with E-state index in [9.17, 15) is 0 Å². The number of halogens is 1. The van der Waals surface area contributed by atoms with Gasteiger partial charge in [0.15, 0.2) is 10.3 Å². The molecule has 3 heterocycles. The Morgan fingerprint density at radius 1 is 1.59 bits per heavy atom. The molecule has 3 atom stereocenters. The molecule has 3 rings (SSSR count). The van der Waals surface area contributed by atoms with E-state index in [1.807, 2.05) is 0 Å². The van der Waals surface area contributed by atoms with Crippen molar-refractivity contribution < 1.29 is 0 Å². The first-order valence-corrected chi connectivity index (χ1v) is 6.94. The lowest BCUT2D eigenvalue weighted by molar-refractivity contribution is 0.471. The molecule has 17 heavy (non-hydrogen) atoms. The molecule has 0 radical (unpaired) electrons. The molecule has 0 bridgehead atoms. The summed E-state index contributed by atoms with van der Waals surface area (Å²) in [5.74, 6) is 1.40. The fourth-order valence-electron chi connectivity index (χ4n) is 2.90. The van der Waals surface area contributed by atoms with E-state index in [1.54, 1.807) is 0 Å². The van der Waals surface area contributed by atoms with Crippen molar-refractivity contribution >= 4 is 28.1 Å². The molecule has 1 aromatic rings. The Labute approximate surface area is 109 Å². The number of hydrogen-bond acceptors (Lipinski definition) is 5. The normalized spacial score (nSPS) is 31.6. The first kappa shape index (κ1) is 11.3. The molecule has 0 aliphatic carbocycles. The minimum atomic E-state index is 0.342. The van der Waals surface area contributed by atoms with Crippen LogP contribution in [0.3, 0.4) is 0 Å². The van der Waals surface area contributed by atoms with Gasteiger partial charge in [-0.25, -0.2) is 4.98 Å². The van der Waals surface area contributed by atoms with Crippen molar-refractivity contribution in [3.63, 3.8) is 0 Å². The molecule has 2 aliphatic heterocycles. The quantitative estimate of drug-likeness (QED) is 0.843. The molecular weight excluding hydrogens is 256 g/mol. The summed E-state index contributed by atoms with van der Waals surface area (Å²) < 4.78 is 0. The monoisotopic (exact) mass is 268 g/mol. The summed E-state index contributed by atoms with van der Waals surface area (Å²) in [7, 11) is 0. The number of rotatable bonds is 1. The largest absolute Gasteiger partial charge is 0.345 e. The average molecular weight is 269 g/mol. The van der Waals surface area contributed by atoms with Crippen molar-refractivity contribution in [3.8, 4) is 6.07 Å². The standard InChI is InChI=1S/C11H13ClN4S/c1-6-8-4-14-3-7(8)5-16(6)11-15-10(12)9(2-13)17-11/h6-8,14H,3-5H2,1H3. The van der Waals surface area contributed by atoms with Crippen molar-refractivity contribution in [2.24, 2.45) is 11.8 Å². The van der Waals surface area contributed by atoms with Crippen LogP contribution in [-0.4, -0.2) is 30.7 Å². The summed E-state index contributed by atoms with van der Waals surface area (Å²) in [6.07, 6.45) is 0. The Balaban J connectivity index is 1.88. The van der Waals surface area contributed by atoms with Crippen LogP contribution in [0.1, 0.15) is 11.8 Å². The minimum Gasteiger partial charge on any atom is -0.345 e. The molecule has 6 heteroatoms. The van der Waals surface area contributed by atoms with Crippen LogP contribution in [0, 0.1) is 23.2 Å². The third kappa shape index (κ3) is 1.71. The fourth-order valence-corrected chi connectivity index (χ4v) is 4.04. The maximum Gasteiger partial charge on any atom is 0.188 e. The lowest BCUT2D eigenvalue weighted by Gasteiger charge is -2.23. The maximum atomic E-state index is 8.91. The number of nitrogens with one attached hydrogen (secondary N) is 1. The summed E-state index contributed by atoms with van der Waals surface area (Å²) in [4.78, 5) is 7.12. The van der Waals surface area contributed by atoms with E-state index in [0.29, 0.717) is 27.9 Å². The van der Waals surface area contributed by atoms with Crippen LogP contribution in [0.2, 0.25) is 5.15 Å². The zero-order chi connectivity index (χ0) is 12.0. The lowest BCUT2D eigenvalue weighted by Crippen LogP contribution is -2.33. The highest BCUT2D eigenvalue weighted by atomic mass is 35.5. The van der Waals surface area contributed by atoms with Gasteiger partial charge in [0.2, 0.25) is 0 Å². The highest BCUT2D eigenvalue weighted by molar-refractivity contribution is 7.16. The van der Waals surface area contributed by atoms with E-state index in [1.165, 1.54) is 11.3 Å². The number of nitrogens with zero attached hydrogens (tertiary/aromatic N) is 3. The van der Waals surface area contributed by atoms with Crippen molar-refractivity contribution in [1.29, 1.82) is 5.26 Å². The molecule has 2 aliphatic rings. The van der Waals surface area contributed by atoms with E-state index in [4.69, 9.17) is 16.9 Å². The second kappa shape index (κ2) is 4.13. The van der Waals surface area contributed by atoms with Gasteiger partial charge in [0.25, 0.3) is 0 Å². The number of nitriles is 1. The van der Waals surface area contributed by atoms with Gasteiger partial charge in [-0.15, -0.1) is 0 Å². The fraction of sp³-hybridized carbons (Fsp3) is 0.636. The maximum absolute atomic E-state index is 8.91. The molecule has 3 unspecified atom stereocenters. The third-order valence-corrected chi connectivity index (χ3v) is 5.24. The minimum absolute atomic E-state index is 0.342. The van der Waals surface area contributed by atoms with Gasteiger partial charge in [-0.2, -0.15) is 5.26 Å². The molecule has 2 saturated heterocycles. The Morgan fingerprint density at radius 2 is 2.41 bits per heavy atom. The number of thiazole rings is 1. The van der Waals surface area contributed by atoms with E-state index < -0.39 is 0 Å². The van der Waals surface area contributed by atoms with Crippen LogP contribution in [-0.2, 0) is 0 Å². The highest BCUT2D eigenvalue weighted by Gasteiger charge is 2.42. The highest BCUT2D eigenvalue weighted by Crippen LogP contribution is 2.38. The summed E-state index contributed by atoms with van der Waals surface area (Å²) in [5, 5.41) is 13.6. The Kier molecular flexibility index (Phi) is 2.74. The first-order valence-electron chi connectivity index (χ1n) is 5.74. The van der Waals surface area contributed by atoms with Crippen LogP contribution in [0.15, 0.2) is 0 Å². The predicted octanol–water partition coefficient (Wildman–Crippen LogP) is 1.71. The number of aromatic nitrogens is 1. The van der Waals surface area contributed by atoms with E-state index in [2.05, 4.69) is 28.2 Å². The van der Waals surface area contributed by atoms with Gasteiger partial charge in [-0.1, -0.05) is 22.9 Å². The second-order valence-electron chi connectivity index (χ2n) is 4.70. The Hall–Kier alpha value is -0.830. The number of fused-ring (bicyclic) bond motifs is 1. The first-order chi connectivity index (χ1) is 8.20. The second-order valence-corrected chi connectivity index (χ2v) is 6.04. The third-order valence-electron chi connectivity index (χ3n) is 3.86. The van der Waals surface area contributed by atoms with Crippen molar-refractivity contribution in [2.75, 3.05) is 24.5 Å². The van der Waals surface area contributed by atoms with Crippen molar-refractivity contribution in [1.82, 2.24) is 10.3 Å². The number of anilines is 1. The SMILES string of the molecule is CC1C2CNCC2CN1c1nc(Cl)c(C#N)s1. The van der Waals surface area contributed by atoms with Gasteiger partial charge in [0, 0.05) is 25.7 Å². The van der Waals surface area contributed by atoms with Crippen LogP contribution in [0.4, 0.5) is 5.13 Å². The molecule has 90 valence electrons. The smallest absolute Gasteiger partial charge is 0.188 e. The molecule has 1 aromatic heterocycles. The van der Waals surface area contributed by atoms with Gasteiger partial charge >= 0.3 is 0 Å². The summed E-state index contributed by atoms with van der Waals surface area (Å²) in [5.41, 5.74) is 0. The van der Waals surface area contributed by atoms with Crippen molar-refractivity contribution in [2.45, 2.75) is 13.0 Å². The van der Waals surface area contributed by atoms with Crippen LogP contribution in [0.25, 0.3) is 0 Å². The van der Waals surface area contributed by atoms with E-state index in [-0.39, 0.29) is 0 Å². The van der Waals surface area contributed by atoms with Crippen LogP contribution < -0.4 is 10.2 Å².